The first-order valence-electron chi connectivity index (χ1n) is 11.5. The average Bonchev–Trinajstić information content (AvgIpc) is 3.25. The highest BCUT2D eigenvalue weighted by Crippen LogP contribution is 2.46. The lowest BCUT2D eigenvalue weighted by atomic mass is 9.67. The van der Waals surface area contributed by atoms with E-state index in [1.807, 2.05) is 0 Å². The third-order valence-electron chi connectivity index (χ3n) is 6.35. The zero-order chi connectivity index (χ0) is 25.2. The summed E-state index contributed by atoms with van der Waals surface area (Å²) < 4.78 is 35.7. The van der Waals surface area contributed by atoms with E-state index in [9.17, 15) is 13.2 Å². The van der Waals surface area contributed by atoms with E-state index in [4.69, 9.17) is 4.74 Å². The molecule has 0 saturated heterocycles. The van der Waals surface area contributed by atoms with Gasteiger partial charge in [0.2, 0.25) is 11.8 Å². The highest BCUT2D eigenvalue weighted by molar-refractivity contribution is 7.92. The molecule has 1 atom stereocenters. The second-order valence-electron chi connectivity index (χ2n) is 9.41. The minimum absolute atomic E-state index is 0.00717. The molecule has 186 valence electrons. The summed E-state index contributed by atoms with van der Waals surface area (Å²) in [4.78, 5) is 21.0. The van der Waals surface area contributed by atoms with E-state index >= 15 is 0 Å². The van der Waals surface area contributed by atoms with Crippen LogP contribution in [-0.2, 0) is 17.1 Å². The number of nitrogens with one attached hydrogen (secondary N) is 2. The molecule has 0 aliphatic heterocycles. The van der Waals surface area contributed by atoms with Crippen LogP contribution in [0, 0.1) is 5.41 Å². The molecule has 2 heterocycles. The van der Waals surface area contributed by atoms with E-state index in [0.717, 1.165) is 25.7 Å². The molecule has 1 saturated carbocycles. The van der Waals surface area contributed by atoms with Crippen LogP contribution in [-0.4, -0.2) is 41.1 Å². The van der Waals surface area contributed by atoms with Gasteiger partial charge < -0.3 is 10.1 Å². The van der Waals surface area contributed by atoms with Gasteiger partial charge in [0.05, 0.1) is 11.9 Å². The number of carbonyl (C=O) groups excluding carboxylic acids is 1. The van der Waals surface area contributed by atoms with Crippen LogP contribution in [0.5, 0.6) is 11.6 Å². The molecule has 1 fully saturated rings. The number of ether oxygens (including phenoxy) is 1. The van der Waals surface area contributed by atoms with Gasteiger partial charge in [-0.25, -0.2) is 18.1 Å². The summed E-state index contributed by atoms with van der Waals surface area (Å²) in [7, 11) is -0.753. The fourth-order valence-corrected chi connectivity index (χ4v) is 5.37. The largest absolute Gasteiger partial charge is 0.439 e. The first-order valence-corrected chi connectivity index (χ1v) is 13.0. The summed E-state index contributed by atoms with van der Waals surface area (Å²) in [6.07, 6.45) is 6.85. The molecular formula is C24H30N6O4S. The van der Waals surface area contributed by atoms with Crippen molar-refractivity contribution in [3.05, 3.63) is 54.0 Å². The van der Waals surface area contributed by atoms with Gasteiger partial charge in [0.25, 0.3) is 15.9 Å². The first-order chi connectivity index (χ1) is 16.6. The number of benzene rings is 1. The summed E-state index contributed by atoms with van der Waals surface area (Å²) in [6, 6.07) is 8.45. The number of amides is 1. The van der Waals surface area contributed by atoms with Gasteiger partial charge in [0.1, 0.15) is 10.6 Å². The number of hydrogen-bond acceptors (Lipinski definition) is 7. The molecule has 1 amide bonds. The molecule has 1 aliphatic rings. The van der Waals surface area contributed by atoms with E-state index in [1.165, 1.54) is 17.1 Å². The highest BCUT2D eigenvalue weighted by atomic mass is 32.2. The van der Waals surface area contributed by atoms with Crippen LogP contribution in [0.1, 0.15) is 61.5 Å². The minimum atomic E-state index is -3.95. The third kappa shape index (κ3) is 5.61. The Morgan fingerprint density at radius 3 is 2.69 bits per heavy atom. The maximum Gasteiger partial charge on any atom is 0.267 e. The molecule has 1 aliphatic carbocycles. The molecule has 4 rings (SSSR count). The van der Waals surface area contributed by atoms with Crippen LogP contribution in [0.2, 0.25) is 0 Å². The van der Waals surface area contributed by atoms with Crippen LogP contribution in [0.15, 0.2) is 47.6 Å². The maximum absolute atomic E-state index is 12.9. The molecule has 2 N–H and O–H groups in total. The summed E-state index contributed by atoms with van der Waals surface area (Å²) in [5, 5.41) is 6.52. The predicted molar refractivity (Wildman–Crippen MR) is 131 cm³/mol. The zero-order valence-corrected chi connectivity index (χ0v) is 21.1. The van der Waals surface area contributed by atoms with Gasteiger partial charge in [-0.05, 0) is 36.5 Å². The number of rotatable bonds is 7. The number of carbonyl (C=O) groups is 1. The fraction of sp³-hybridized carbons (Fsp3) is 0.417. The number of aromatic nitrogens is 4. The Labute approximate surface area is 205 Å². The second kappa shape index (κ2) is 9.65. The standard InChI is InChI=1S/C24H30N6O4S/c1-24(2)11-6-5-10-19(24)20-13-21(34-17-9-7-8-16(12-17)22(31)25-3)28-23(27-20)29-35(32,33)18-14-26-30(4)15-18/h7-9,12-15,19H,5-6,10-11H2,1-4H3,(H,25,31)(H,27,28,29). The molecule has 10 nitrogen and oxygen atoms in total. The smallest absolute Gasteiger partial charge is 0.267 e. The van der Waals surface area contributed by atoms with Gasteiger partial charge in [-0.1, -0.05) is 32.8 Å². The van der Waals surface area contributed by atoms with Gasteiger partial charge in [-0.15, -0.1) is 0 Å². The molecule has 3 aromatic rings. The molecule has 35 heavy (non-hydrogen) atoms. The fourth-order valence-electron chi connectivity index (χ4n) is 4.44. The van der Waals surface area contributed by atoms with E-state index in [0.29, 0.717) is 17.0 Å². The molecule has 0 bridgehead atoms. The Morgan fingerprint density at radius 2 is 2.00 bits per heavy atom. The first kappa shape index (κ1) is 24.6. The van der Waals surface area contributed by atoms with Crippen molar-refractivity contribution in [2.24, 2.45) is 12.5 Å². The lowest BCUT2D eigenvalue weighted by Gasteiger charge is -2.38. The van der Waals surface area contributed by atoms with Gasteiger partial charge in [0, 0.05) is 37.8 Å². The van der Waals surface area contributed by atoms with Crippen molar-refractivity contribution in [2.75, 3.05) is 11.8 Å². The van der Waals surface area contributed by atoms with Crippen molar-refractivity contribution < 1.29 is 17.9 Å². The Balaban J connectivity index is 1.72. The number of nitrogens with zero attached hydrogens (tertiary/aromatic N) is 4. The number of anilines is 1. The summed E-state index contributed by atoms with van der Waals surface area (Å²) in [5.74, 6) is 0.382. The number of hydrogen-bond donors (Lipinski definition) is 2. The lowest BCUT2D eigenvalue weighted by Crippen LogP contribution is -2.27. The number of aryl methyl sites for hydroxylation is 1. The average molecular weight is 499 g/mol. The molecule has 1 aromatic carbocycles. The Hall–Kier alpha value is -3.47. The summed E-state index contributed by atoms with van der Waals surface area (Å²) in [6.45, 7) is 4.40. The molecule has 1 unspecified atom stereocenters. The molecular weight excluding hydrogens is 468 g/mol. The van der Waals surface area contributed by atoms with E-state index < -0.39 is 10.0 Å². The van der Waals surface area contributed by atoms with Crippen molar-refractivity contribution in [2.45, 2.75) is 50.3 Å². The number of sulfonamides is 1. The van der Waals surface area contributed by atoms with Gasteiger partial charge in [0.15, 0.2) is 0 Å². The van der Waals surface area contributed by atoms with E-state index in [-0.39, 0.29) is 34.0 Å². The highest BCUT2D eigenvalue weighted by Gasteiger charge is 2.35. The molecule has 0 radical (unpaired) electrons. The van der Waals surface area contributed by atoms with Crippen molar-refractivity contribution >= 4 is 21.9 Å². The summed E-state index contributed by atoms with van der Waals surface area (Å²) >= 11 is 0. The Morgan fingerprint density at radius 1 is 1.20 bits per heavy atom. The monoisotopic (exact) mass is 498 g/mol. The Kier molecular flexibility index (Phi) is 6.79. The van der Waals surface area contributed by atoms with Crippen molar-refractivity contribution in [3.63, 3.8) is 0 Å². The molecule has 0 spiro atoms. The van der Waals surface area contributed by atoms with Gasteiger partial charge >= 0.3 is 0 Å². The SMILES string of the molecule is CNC(=O)c1cccc(Oc2cc(C3CCCCC3(C)C)nc(NS(=O)(=O)c3cnn(C)c3)n2)c1. The Bertz CT molecular complexity index is 1340. The summed E-state index contributed by atoms with van der Waals surface area (Å²) in [5.41, 5.74) is 1.14. The van der Waals surface area contributed by atoms with Crippen LogP contribution < -0.4 is 14.8 Å². The normalized spacial score (nSPS) is 17.5. The maximum atomic E-state index is 12.9. The van der Waals surface area contributed by atoms with Crippen molar-refractivity contribution in [1.29, 1.82) is 0 Å². The topological polar surface area (TPSA) is 128 Å². The quantitative estimate of drug-likeness (QED) is 0.506. The molecule has 11 heteroatoms. The van der Waals surface area contributed by atoms with E-state index in [2.05, 4.69) is 39.0 Å². The van der Waals surface area contributed by atoms with Crippen molar-refractivity contribution in [1.82, 2.24) is 25.1 Å². The van der Waals surface area contributed by atoms with Crippen LogP contribution in [0.4, 0.5) is 5.95 Å². The molecule has 2 aromatic heterocycles. The predicted octanol–water partition coefficient (Wildman–Crippen LogP) is 3.85. The zero-order valence-electron chi connectivity index (χ0n) is 20.3. The van der Waals surface area contributed by atoms with Gasteiger partial charge in [-0.2, -0.15) is 10.1 Å². The van der Waals surface area contributed by atoms with Gasteiger partial charge in [-0.3, -0.25) is 9.48 Å². The van der Waals surface area contributed by atoms with Crippen LogP contribution in [0.3, 0.4) is 0 Å². The minimum Gasteiger partial charge on any atom is -0.439 e. The third-order valence-corrected chi connectivity index (χ3v) is 7.63. The second-order valence-corrected chi connectivity index (χ2v) is 11.1. The van der Waals surface area contributed by atoms with Crippen molar-refractivity contribution in [3.8, 4) is 11.6 Å². The van der Waals surface area contributed by atoms with Crippen LogP contribution in [0.25, 0.3) is 0 Å². The van der Waals surface area contributed by atoms with Crippen LogP contribution >= 0.6 is 0 Å². The lowest BCUT2D eigenvalue weighted by molar-refractivity contribution is 0.0962. The van der Waals surface area contributed by atoms with E-state index in [1.54, 1.807) is 44.4 Å².